The van der Waals surface area contributed by atoms with Gasteiger partial charge in [0.25, 0.3) is 5.78 Å². The van der Waals surface area contributed by atoms with Gasteiger partial charge in [0.2, 0.25) is 0 Å². The minimum Gasteiger partial charge on any atom is -0.496 e. The minimum atomic E-state index is -1.28. The highest BCUT2D eigenvalue weighted by Gasteiger charge is 2.31. The van der Waals surface area contributed by atoms with Crippen LogP contribution in [0.3, 0.4) is 0 Å². The third kappa shape index (κ3) is 4.33. The number of rotatable bonds is 8. The normalized spacial score (nSPS) is 11.7. The van der Waals surface area contributed by atoms with Gasteiger partial charge in [0.15, 0.2) is 0 Å². The molecule has 1 unspecified atom stereocenters. The molecule has 144 valence electrons. The maximum atomic E-state index is 12.3. The van der Waals surface area contributed by atoms with Gasteiger partial charge in [-0.1, -0.05) is 0 Å². The molecule has 2 aromatic rings. The van der Waals surface area contributed by atoms with Gasteiger partial charge < -0.3 is 18.6 Å². The van der Waals surface area contributed by atoms with Crippen LogP contribution in [0.25, 0.3) is 11.0 Å². The van der Waals surface area contributed by atoms with Crippen LogP contribution in [0.1, 0.15) is 19.4 Å². The van der Waals surface area contributed by atoms with E-state index >= 15 is 0 Å². The molecule has 2 rings (SSSR count). The number of fused-ring (bicyclic) bond motifs is 1. The number of benzene rings is 1. The number of carbonyl (C=O) groups excluding carboxylic acids is 3. The molecule has 27 heavy (non-hydrogen) atoms. The van der Waals surface area contributed by atoms with Crippen molar-refractivity contribution in [3.8, 4) is 11.5 Å². The van der Waals surface area contributed by atoms with E-state index in [0.29, 0.717) is 22.4 Å². The Morgan fingerprint density at radius 2 is 1.81 bits per heavy atom. The van der Waals surface area contributed by atoms with Crippen LogP contribution < -0.4 is 15.1 Å². The van der Waals surface area contributed by atoms with E-state index in [1.54, 1.807) is 13.0 Å². The Morgan fingerprint density at radius 3 is 2.37 bits per heavy atom. The molecule has 0 aliphatic carbocycles. The number of ketones is 2. The van der Waals surface area contributed by atoms with Crippen LogP contribution in [0, 0.1) is 5.92 Å². The smallest absolute Gasteiger partial charge is 0.375 e. The highest BCUT2D eigenvalue weighted by molar-refractivity contribution is 6.38. The first-order valence-electron chi connectivity index (χ1n) is 8.22. The predicted molar refractivity (Wildman–Crippen MR) is 95.1 cm³/mol. The Bertz CT molecular complexity index is 941. The molecular formula is C19H20O8. The average Bonchev–Trinajstić information content (AvgIpc) is 2.63. The average molecular weight is 376 g/mol. The molecule has 0 N–H and O–H groups in total. The Kier molecular flexibility index (Phi) is 6.33. The van der Waals surface area contributed by atoms with Gasteiger partial charge in [0.05, 0.1) is 32.1 Å². The first kappa shape index (κ1) is 20.2. The van der Waals surface area contributed by atoms with Crippen LogP contribution in [0.5, 0.6) is 11.5 Å². The summed E-state index contributed by atoms with van der Waals surface area (Å²) in [7, 11) is 2.88. The Hall–Kier alpha value is -3.16. The summed E-state index contributed by atoms with van der Waals surface area (Å²) in [6.45, 7) is 2.78. The van der Waals surface area contributed by atoms with Crippen LogP contribution in [-0.4, -0.2) is 38.4 Å². The molecule has 0 bridgehead atoms. The van der Waals surface area contributed by atoms with Gasteiger partial charge in [-0.3, -0.25) is 9.59 Å². The van der Waals surface area contributed by atoms with E-state index in [-0.39, 0.29) is 18.6 Å². The van der Waals surface area contributed by atoms with Crippen molar-refractivity contribution >= 4 is 28.5 Å². The van der Waals surface area contributed by atoms with Crippen LogP contribution in [0.2, 0.25) is 0 Å². The predicted octanol–water partition coefficient (Wildman–Crippen LogP) is 1.69. The van der Waals surface area contributed by atoms with Gasteiger partial charge in [0.1, 0.15) is 22.9 Å². The Labute approximate surface area is 155 Å². The number of ether oxygens (including phenoxy) is 3. The van der Waals surface area contributed by atoms with E-state index in [0.717, 1.165) is 0 Å². The molecule has 1 aromatic carbocycles. The van der Waals surface area contributed by atoms with Crippen LogP contribution in [0.15, 0.2) is 27.4 Å². The molecule has 0 spiro atoms. The van der Waals surface area contributed by atoms with Gasteiger partial charge in [-0.25, -0.2) is 9.59 Å². The van der Waals surface area contributed by atoms with Gasteiger partial charge in [-0.2, -0.15) is 0 Å². The summed E-state index contributed by atoms with van der Waals surface area (Å²) in [5, 5.41) is 0.417. The van der Waals surface area contributed by atoms with Crippen molar-refractivity contribution in [1.29, 1.82) is 0 Å². The minimum absolute atomic E-state index is 0.0146. The van der Waals surface area contributed by atoms with Crippen LogP contribution in [-0.2, 0) is 25.5 Å². The molecule has 8 heteroatoms. The molecule has 0 amide bonds. The number of methoxy groups -OCH3 is 2. The van der Waals surface area contributed by atoms with Gasteiger partial charge in [0, 0.05) is 18.2 Å². The highest BCUT2D eigenvalue weighted by atomic mass is 16.5. The monoisotopic (exact) mass is 376 g/mol. The fraction of sp³-hybridized carbons (Fsp3) is 0.368. The summed E-state index contributed by atoms with van der Waals surface area (Å²) < 4.78 is 20.4. The van der Waals surface area contributed by atoms with Crippen molar-refractivity contribution in [1.82, 2.24) is 0 Å². The lowest BCUT2D eigenvalue weighted by Gasteiger charge is -2.15. The second-order valence-corrected chi connectivity index (χ2v) is 5.75. The molecule has 0 saturated heterocycles. The van der Waals surface area contributed by atoms with Crippen LogP contribution >= 0.6 is 0 Å². The van der Waals surface area contributed by atoms with Gasteiger partial charge in [-0.05, 0) is 25.8 Å². The number of esters is 1. The van der Waals surface area contributed by atoms with E-state index in [4.69, 9.17) is 18.6 Å². The zero-order chi connectivity index (χ0) is 20.1. The molecule has 0 aliphatic heterocycles. The summed E-state index contributed by atoms with van der Waals surface area (Å²) in [5.41, 5.74) is -0.142. The first-order chi connectivity index (χ1) is 12.8. The molecule has 1 atom stereocenters. The topological polar surface area (TPSA) is 109 Å². The summed E-state index contributed by atoms with van der Waals surface area (Å²) in [5.74, 6) is -3.08. The van der Waals surface area contributed by atoms with Crippen LogP contribution in [0.4, 0.5) is 0 Å². The second-order valence-electron chi connectivity index (χ2n) is 5.75. The lowest BCUT2D eigenvalue weighted by molar-refractivity contribution is -0.156. The largest absolute Gasteiger partial charge is 0.496 e. The Balaban J connectivity index is 2.59. The quantitative estimate of drug-likeness (QED) is 0.296. The van der Waals surface area contributed by atoms with Crippen molar-refractivity contribution in [2.45, 2.75) is 20.3 Å². The molecule has 1 heterocycles. The number of hydrogen-bond acceptors (Lipinski definition) is 8. The zero-order valence-electron chi connectivity index (χ0n) is 15.5. The molecular weight excluding hydrogens is 356 g/mol. The lowest BCUT2D eigenvalue weighted by Crippen LogP contribution is -2.32. The van der Waals surface area contributed by atoms with E-state index < -0.39 is 29.1 Å². The lowest BCUT2D eigenvalue weighted by atomic mass is 9.90. The summed E-state index contributed by atoms with van der Waals surface area (Å²) in [6, 6.07) is 4.26. The first-order valence-corrected chi connectivity index (χ1v) is 8.22. The summed E-state index contributed by atoms with van der Waals surface area (Å²) >= 11 is 0. The third-order valence-corrected chi connectivity index (χ3v) is 4.03. The standard InChI is InChI=1S/C19H20O8/c1-5-26-19(23)18(22)13(10(2)20)6-11-7-16(21)27-15-9-12(24-3)8-14(25-4)17(11)15/h7-9,13H,5-6H2,1-4H3. The van der Waals surface area contributed by atoms with E-state index in [2.05, 4.69) is 0 Å². The third-order valence-electron chi connectivity index (χ3n) is 4.03. The fourth-order valence-electron chi connectivity index (χ4n) is 2.74. The fourth-order valence-corrected chi connectivity index (χ4v) is 2.74. The van der Waals surface area contributed by atoms with Gasteiger partial charge in [-0.15, -0.1) is 0 Å². The van der Waals surface area contributed by atoms with Crippen molar-refractivity contribution in [2.75, 3.05) is 20.8 Å². The number of carbonyl (C=O) groups is 3. The van der Waals surface area contributed by atoms with Crippen molar-refractivity contribution in [2.24, 2.45) is 5.92 Å². The summed E-state index contributed by atoms with van der Waals surface area (Å²) in [6.07, 6.45) is -0.169. The number of hydrogen-bond donors (Lipinski definition) is 0. The molecule has 0 saturated carbocycles. The molecule has 1 aromatic heterocycles. The van der Waals surface area contributed by atoms with E-state index in [9.17, 15) is 19.2 Å². The molecule has 8 nitrogen and oxygen atoms in total. The second kappa shape index (κ2) is 8.48. The highest BCUT2D eigenvalue weighted by Crippen LogP contribution is 2.34. The van der Waals surface area contributed by atoms with Gasteiger partial charge >= 0.3 is 11.6 Å². The summed E-state index contributed by atoms with van der Waals surface area (Å²) in [4.78, 5) is 48.0. The zero-order valence-corrected chi connectivity index (χ0v) is 15.5. The molecule has 0 radical (unpaired) electrons. The maximum Gasteiger partial charge on any atom is 0.375 e. The maximum absolute atomic E-state index is 12.3. The van der Waals surface area contributed by atoms with Crippen molar-refractivity contribution in [3.63, 3.8) is 0 Å². The van der Waals surface area contributed by atoms with E-state index in [1.165, 1.54) is 33.3 Å². The molecule has 0 fully saturated rings. The van der Waals surface area contributed by atoms with E-state index in [1.807, 2.05) is 0 Å². The SMILES string of the molecule is CCOC(=O)C(=O)C(Cc1cc(=O)oc2cc(OC)cc(OC)c12)C(C)=O. The molecule has 0 aliphatic rings. The van der Waals surface area contributed by atoms with Crippen molar-refractivity contribution < 1.29 is 33.0 Å². The van der Waals surface area contributed by atoms with Crippen molar-refractivity contribution in [3.05, 3.63) is 34.2 Å². The number of Topliss-reactive ketones (excluding diaryl/α,β-unsaturated/α-hetero) is 2. The Morgan fingerprint density at radius 1 is 1.11 bits per heavy atom.